The number of methoxy groups -OCH3 is 1. The minimum atomic E-state index is -0.765. The van der Waals surface area contributed by atoms with Crippen molar-refractivity contribution in [1.29, 1.82) is 0 Å². The van der Waals surface area contributed by atoms with Crippen LogP contribution < -0.4 is 10.1 Å². The van der Waals surface area contributed by atoms with Gasteiger partial charge in [-0.15, -0.1) is 11.3 Å². The number of nitrogens with zero attached hydrogens (tertiary/aromatic N) is 1. The van der Waals surface area contributed by atoms with Crippen molar-refractivity contribution in [1.82, 2.24) is 4.98 Å². The first-order valence-electron chi connectivity index (χ1n) is 9.78. The van der Waals surface area contributed by atoms with E-state index in [1.165, 1.54) is 23.5 Å². The van der Waals surface area contributed by atoms with Gasteiger partial charge in [0.05, 0.1) is 18.2 Å². The van der Waals surface area contributed by atoms with Crippen LogP contribution in [-0.4, -0.2) is 31.2 Å². The fourth-order valence-electron chi connectivity index (χ4n) is 3.83. The summed E-state index contributed by atoms with van der Waals surface area (Å²) in [5, 5.41) is 5.41. The van der Waals surface area contributed by atoms with Gasteiger partial charge >= 0.3 is 0 Å². The fraction of sp³-hybridized carbons (Fsp3) is 0.304. The molecule has 1 aliphatic rings. The molecular formula is C23H23FN2O3S. The van der Waals surface area contributed by atoms with Gasteiger partial charge in [0.25, 0.3) is 0 Å². The molecule has 2 heterocycles. The molecule has 0 aliphatic carbocycles. The SMILES string of the molecule is COc1ccc(C)cc1-c1csc(NC(=O)C2(c3ccc(F)cc3)CCOCC2)n1. The lowest BCUT2D eigenvalue weighted by molar-refractivity contribution is -0.125. The third-order valence-electron chi connectivity index (χ3n) is 5.53. The van der Waals surface area contributed by atoms with E-state index in [-0.39, 0.29) is 11.7 Å². The molecular weight excluding hydrogens is 403 g/mol. The van der Waals surface area contributed by atoms with Crippen LogP contribution in [-0.2, 0) is 14.9 Å². The molecule has 5 nitrogen and oxygen atoms in total. The zero-order chi connectivity index (χ0) is 21.1. The summed E-state index contributed by atoms with van der Waals surface area (Å²) in [4.78, 5) is 18.0. The summed E-state index contributed by atoms with van der Waals surface area (Å²) in [5.74, 6) is 0.267. The van der Waals surface area contributed by atoms with Crippen LogP contribution in [0.3, 0.4) is 0 Å². The number of halogens is 1. The summed E-state index contributed by atoms with van der Waals surface area (Å²) in [6, 6.07) is 12.1. The number of anilines is 1. The predicted molar refractivity (Wildman–Crippen MR) is 116 cm³/mol. The number of ether oxygens (including phenoxy) is 2. The molecule has 1 amide bonds. The molecule has 0 saturated carbocycles. The molecule has 0 unspecified atom stereocenters. The molecule has 0 radical (unpaired) electrons. The number of thiazole rings is 1. The van der Waals surface area contributed by atoms with Crippen LogP contribution in [0.5, 0.6) is 5.75 Å². The van der Waals surface area contributed by atoms with Crippen molar-refractivity contribution >= 4 is 22.4 Å². The maximum atomic E-state index is 13.4. The highest BCUT2D eigenvalue weighted by Crippen LogP contribution is 2.38. The lowest BCUT2D eigenvalue weighted by atomic mass is 9.73. The Morgan fingerprint density at radius 2 is 1.93 bits per heavy atom. The zero-order valence-electron chi connectivity index (χ0n) is 16.9. The van der Waals surface area contributed by atoms with Gasteiger partial charge in [-0.25, -0.2) is 9.37 Å². The van der Waals surface area contributed by atoms with Gasteiger partial charge < -0.3 is 14.8 Å². The van der Waals surface area contributed by atoms with Gasteiger partial charge in [-0.3, -0.25) is 4.79 Å². The summed E-state index contributed by atoms with van der Waals surface area (Å²) in [6.07, 6.45) is 1.07. The lowest BCUT2D eigenvalue weighted by Gasteiger charge is -2.36. The van der Waals surface area contributed by atoms with Crippen molar-refractivity contribution in [2.45, 2.75) is 25.2 Å². The summed E-state index contributed by atoms with van der Waals surface area (Å²) in [5.41, 5.74) is 2.76. The number of benzene rings is 2. The van der Waals surface area contributed by atoms with E-state index < -0.39 is 5.41 Å². The average Bonchev–Trinajstić information content (AvgIpc) is 3.23. The summed E-state index contributed by atoms with van der Waals surface area (Å²) in [7, 11) is 1.63. The molecule has 7 heteroatoms. The van der Waals surface area contributed by atoms with E-state index in [2.05, 4.69) is 10.3 Å². The Morgan fingerprint density at radius 3 is 2.63 bits per heavy atom. The van der Waals surface area contributed by atoms with Crippen molar-refractivity contribution in [3.8, 4) is 17.0 Å². The highest BCUT2D eigenvalue weighted by atomic mass is 32.1. The molecule has 0 bridgehead atoms. The molecule has 156 valence electrons. The Balaban J connectivity index is 1.61. The van der Waals surface area contributed by atoms with Crippen molar-refractivity contribution < 1.29 is 18.7 Å². The van der Waals surface area contributed by atoms with E-state index >= 15 is 0 Å². The Bertz CT molecular complexity index is 1040. The summed E-state index contributed by atoms with van der Waals surface area (Å²) in [6.45, 7) is 2.97. The van der Waals surface area contributed by atoms with Crippen molar-refractivity contribution in [2.75, 3.05) is 25.6 Å². The molecule has 1 saturated heterocycles. The Labute approximate surface area is 178 Å². The van der Waals surface area contributed by atoms with Gasteiger partial charge in [-0.2, -0.15) is 0 Å². The number of hydrogen-bond donors (Lipinski definition) is 1. The van der Waals surface area contributed by atoms with E-state index in [0.29, 0.717) is 31.2 Å². The molecule has 2 aromatic carbocycles. The maximum Gasteiger partial charge on any atom is 0.236 e. The molecule has 1 fully saturated rings. The second kappa shape index (κ2) is 8.53. The summed E-state index contributed by atoms with van der Waals surface area (Å²) < 4.78 is 24.4. The predicted octanol–water partition coefficient (Wildman–Crippen LogP) is 4.95. The normalized spacial score (nSPS) is 15.6. The maximum absolute atomic E-state index is 13.4. The molecule has 30 heavy (non-hydrogen) atoms. The standard InChI is InChI=1S/C23H23FN2O3S/c1-15-3-8-20(28-2)18(13-15)19-14-30-22(25-19)26-21(27)23(9-11-29-12-10-23)16-4-6-17(24)7-5-16/h3-8,13-14H,9-12H2,1-2H3,(H,25,26,27). The van der Waals surface area contributed by atoms with E-state index in [4.69, 9.17) is 9.47 Å². The second-order valence-corrected chi connectivity index (χ2v) is 8.26. The van der Waals surface area contributed by atoms with Gasteiger partial charge in [0.15, 0.2) is 5.13 Å². The third kappa shape index (κ3) is 3.95. The molecule has 4 rings (SSSR count). The minimum Gasteiger partial charge on any atom is -0.496 e. The monoisotopic (exact) mass is 426 g/mol. The number of carbonyl (C=O) groups is 1. The third-order valence-corrected chi connectivity index (χ3v) is 6.29. The van der Waals surface area contributed by atoms with Crippen LogP contribution in [0.2, 0.25) is 0 Å². The van der Waals surface area contributed by atoms with Gasteiger partial charge in [-0.1, -0.05) is 23.8 Å². The number of aromatic nitrogens is 1. The minimum absolute atomic E-state index is 0.144. The van der Waals surface area contributed by atoms with Crippen LogP contribution >= 0.6 is 11.3 Å². The zero-order valence-corrected chi connectivity index (χ0v) is 17.7. The van der Waals surface area contributed by atoms with Gasteiger partial charge in [0, 0.05) is 24.2 Å². The molecule has 0 atom stereocenters. The number of carbonyl (C=O) groups excluding carboxylic acids is 1. The largest absolute Gasteiger partial charge is 0.496 e. The number of amides is 1. The first kappa shape index (κ1) is 20.5. The first-order valence-corrected chi connectivity index (χ1v) is 10.7. The van der Waals surface area contributed by atoms with E-state index in [1.807, 2.05) is 30.5 Å². The van der Waals surface area contributed by atoms with E-state index in [1.54, 1.807) is 19.2 Å². The second-order valence-electron chi connectivity index (χ2n) is 7.40. The molecule has 1 aromatic heterocycles. The first-order chi connectivity index (χ1) is 14.5. The van der Waals surface area contributed by atoms with Crippen LogP contribution in [0.4, 0.5) is 9.52 Å². The van der Waals surface area contributed by atoms with E-state index in [9.17, 15) is 9.18 Å². The average molecular weight is 427 g/mol. The smallest absolute Gasteiger partial charge is 0.236 e. The number of aryl methyl sites for hydroxylation is 1. The van der Waals surface area contributed by atoms with Gasteiger partial charge in [0.1, 0.15) is 11.6 Å². The highest BCUT2D eigenvalue weighted by molar-refractivity contribution is 7.14. The lowest BCUT2D eigenvalue weighted by Crippen LogP contribution is -2.44. The van der Waals surface area contributed by atoms with Gasteiger partial charge in [0.2, 0.25) is 5.91 Å². The highest BCUT2D eigenvalue weighted by Gasteiger charge is 2.42. The van der Waals surface area contributed by atoms with Crippen LogP contribution in [0.25, 0.3) is 11.3 Å². The Kier molecular flexibility index (Phi) is 5.83. The van der Waals surface area contributed by atoms with Crippen LogP contribution in [0.15, 0.2) is 47.8 Å². The number of rotatable bonds is 5. The van der Waals surface area contributed by atoms with Crippen molar-refractivity contribution in [2.24, 2.45) is 0 Å². The van der Waals surface area contributed by atoms with E-state index in [0.717, 1.165) is 28.1 Å². The molecule has 0 spiro atoms. The Morgan fingerprint density at radius 1 is 1.20 bits per heavy atom. The Hall–Kier alpha value is -2.77. The van der Waals surface area contributed by atoms with Crippen molar-refractivity contribution in [3.05, 3.63) is 64.8 Å². The van der Waals surface area contributed by atoms with Crippen molar-refractivity contribution in [3.63, 3.8) is 0 Å². The quantitative estimate of drug-likeness (QED) is 0.627. The molecule has 1 aliphatic heterocycles. The van der Waals surface area contributed by atoms with Crippen LogP contribution in [0.1, 0.15) is 24.0 Å². The van der Waals surface area contributed by atoms with Crippen LogP contribution in [0, 0.1) is 12.7 Å². The molecule has 3 aromatic rings. The summed E-state index contributed by atoms with van der Waals surface area (Å²) >= 11 is 1.37. The number of nitrogens with one attached hydrogen (secondary N) is 1. The van der Waals surface area contributed by atoms with Gasteiger partial charge in [-0.05, 0) is 49.6 Å². The topological polar surface area (TPSA) is 60.5 Å². The number of hydrogen-bond acceptors (Lipinski definition) is 5. The fourth-order valence-corrected chi connectivity index (χ4v) is 4.53. The molecule has 1 N–H and O–H groups in total.